The second-order valence-corrected chi connectivity index (χ2v) is 7.90. The number of aryl methyl sites for hydroxylation is 1. The minimum Gasteiger partial charge on any atom is -0.477 e. The number of piperidine rings is 1. The standard InChI is InChI=1S/C20H21N3O3S/c1-13-10-21-20(22-11-13)26-14-6-8-23(9-7-14)12-16-15-4-2-3-5-17(15)27-18(16)19(24)25/h2-5,10-11,14H,6-9,12H2,1H3,(H,24,25). The van der Waals surface area contributed by atoms with E-state index in [9.17, 15) is 9.90 Å². The lowest BCUT2D eigenvalue weighted by Gasteiger charge is -2.31. The summed E-state index contributed by atoms with van der Waals surface area (Å²) in [7, 11) is 0. The Hall–Kier alpha value is -2.51. The van der Waals surface area contributed by atoms with Gasteiger partial charge >= 0.3 is 12.0 Å². The fourth-order valence-corrected chi connectivity index (χ4v) is 4.48. The smallest absolute Gasteiger partial charge is 0.346 e. The average Bonchev–Trinajstić information content (AvgIpc) is 3.04. The predicted octanol–water partition coefficient (Wildman–Crippen LogP) is 3.74. The SMILES string of the molecule is Cc1cnc(OC2CCN(Cc3c(C(=O)O)sc4ccccc34)CC2)nc1. The minimum absolute atomic E-state index is 0.0992. The largest absolute Gasteiger partial charge is 0.477 e. The Morgan fingerprint density at radius 3 is 2.67 bits per heavy atom. The van der Waals surface area contributed by atoms with Crippen molar-refractivity contribution in [3.05, 3.63) is 52.7 Å². The lowest BCUT2D eigenvalue weighted by atomic mass is 10.1. The number of likely N-dealkylation sites (tertiary alicyclic amines) is 1. The molecule has 1 aromatic carbocycles. The van der Waals surface area contributed by atoms with Gasteiger partial charge in [-0.15, -0.1) is 11.3 Å². The second-order valence-electron chi connectivity index (χ2n) is 6.85. The molecule has 0 atom stereocenters. The number of fused-ring (bicyclic) bond motifs is 1. The Morgan fingerprint density at radius 2 is 1.96 bits per heavy atom. The molecule has 0 spiro atoms. The summed E-state index contributed by atoms with van der Waals surface area (Å²) in [5.41, 5.74) is 1.93. The van der Waals surface area contributed by atoms with E-state index in [1.54, 1.807) is 12.4 Å². The molecule has 0 unspecified atom stereocenters. The third-order valence-electron chi connectivity index (χ3n) is 4.84. The van der Waals surface area contributed by atoms with Crippen LogP contribution in [-0.2, 0) is 6.54 Å². The minimum atomic E-state index is -0.846. The fraction of sp³-hybridized carbons (Fsp3) is 0.350. The number of hydrogen-bond donors (Lipinski definition) is 1. The van der Waals surface area contributed by atoms with Crippen LogP contribution < -0.4 is 4.74 Å². The van der Waals surface area contributed by atoms with E-state index in [1.807, 2.05) is 31.2 Å². The van der Waals surface area contributed by atoms with E-state index < -0.39 is 5.97 Å². The highest BCUT2D eigenvalue weighted by Gasteiger charge is 2.24. The van der Waals surface area contributed by atoms with E-state index in [4.69, 9.17) is 4.74 Å². The summed E-state index contributed by atoms with van der Waals surface area (Å²) in [6.07, 6.45) is 5.37. The van der Waals surface area contributed by atoms with Crippen molar-refractivity contribution >= 4 is 27.4 Å². The zero-order chi connectivity index (χ0) is 18.8. The van der Waals surface area contributed by atoms with Gasteiger partial charge in [0, 0.05) is 36.7 Å². The number of carboxylic acids is 1. The van der Waals surface area contributed by atoms with Crippen molar-refractivity contribution in [2.24, 2.45) is 0 Å². The number of rotatable bonds is 5. The van der Waals surface area contributed by atoms with Gasteiger partial charge in [-0.3, -0.25) is 4.90 Å². The summed E-state index contributed by atoms with van der Waals surface area (Å²) in [6, 6.07) is 8.34. The van der Waals surface area contributed by atoms with Gasteiger partial charge in [-0.2, -0.15) is 0 Å². The van der Waals surface area contributed by atoms with Crippen LogP contribution in [0.4, 0.5) is 0 Å². The highest BCUT2D eigenvalue weighted by Crippen LogP contribution is 2.33. The topological polar surface area (TPSA) is 75.5 Å². The van der Waals surface area contributed by atoms with E-state index in [2.05, 4.69) is 14.9 Å². The van der Waals surface area contributed by atoms with Gasteiger partial charge in [0.2, 0.25) is 0 Å². The van der Waals surface area contributed by atoms with Gasteiger partial charge in [0.1, 0.15) is 11.0 Å². The maximum atomic E-state index is 11.7. The molecule has 1 fully saturated rings. The van der Waals surface area contributed by atoms with Crippen LogP contribution in [0.5, 0.6) is 6.01 Å². The van der Waals surface area contributed by atoms with Crippen LogP contribution in [0.3, 0.4) is 0 Å². The molecule has 0 amide bonds. The van der Waals surface area contributed by atoms with Crippen LogP contribution >= 0.6 is 11.3 Å². The number of hydrogen-bond acceptors (Lipinski definition) is 6. The molecule has 3 aromatic rings. The molecule has 27 heavy (non-hydrogen) atoms. The van der Waals surface area contributed by atoms with Gasteiger partial charge < -0.3 is 9.84 Å². The zero-order valence-corrected chi connectivity index (χ0v) is 15.9. The number of ether oxygens (including phenoxy) is 1. The number of carbonyl (C=O) groups is 1. The summed E-state index contributed by atoms with van der Waals surface area (Å²) in [5.74, 6) is -0.846. The molecule has 2 aromatic heterocycles. The summed E-state index contributed by atoms with van der Waals surface area (Å²) in [5, 5.41) is 10.6. The first-order valence-electron chi connectivity index (χ1n) is 9.01. The molecule has 0 radical (unpaired) electrons. The van der Waals surface area contributed by atoms with Crippen molar-refractivity contribution in [1.82, 2.24) is 14.9 Å². The molecule has 4 rings (SSSR count). The van der Waals surface area contributed by atoms with E-state index >= 15 is 0 Å². The molecule has 1 N–H and O–H groups in total. The van der Waals surface area contributed by atoms with E-state index in [0.717, 1.165) is 47.1 Å². The van der Waals surface area contributed by atoms with Crippen LogP contribution in [-0.4, -0.2) is 45.1 Å². The van der Waals surface area contributed by atoms with E-state index in [1.165, 1.54) is 11.3 Å². The number of nitrogens with zero attached hydrogens (tertiary/aromatic N) is 3. The van der Waals surface area contributed by atoms with Crippen LogP contribution in [0.2, 0.25) is 0 Å². The van der Waals surface area contributed by atoms with Crippen molar-refractivity contribution in [1.29, 1.82) is 0 Å². The highest BCUT2D eigenvalue weighted by atomic mass is 32.1. The number of aromatic nitrogens is 2. The quantitative estimate of drug-likeness (QED) is 0.723. The maximum absolute atomic E-state index is 11.7. The Kier molecular flexibility index (Phi) is 5.05. The average molecular weight is 383 g/mol. The lowest BCUT2D eigenvalue weighted by molar-refractivity contribution is 0.0695. The summed E-state index contributed by atoms with van der Waals surface area (Å²) >= 11 is 1.36. The maximum Gasteiger partial charge on any atom is 0.346 e. The number of aromatic carboxylic acids is 1. The molecular formula is C20H21N3O3S. The third kappa shape index (κ3) is 3.94. The van der Waals surface area contributed by atoms with Crippen molar-refractivity contribution < 1.29 is 14.6 Å². The van der Waals surface area contributed by atoms with Crippen LogP contribution in [0.1, 0.15) is 33.6 Å². The Balaban J connectivity index is 1.42. The monoisotopic (exact) mass is 383 g/mol. The van der Waals surface area contributed by atoms with Gasteiger partial charge in [0.05, 0.1) is 0 Å². The van der Waals surface area contributed by atoms with Gasteiger partial charge in [-0.05, 0) is 42.3 Å². The molecule has 1 saturated heterocycles. The molecule has 3 heterocycles. The molecular weight excluding hydrogens is 362 g/mol. The van der Waals surface area contributed by atoms with Gasteiger partial charge in [0.25, 0.3) is 0 Å². The molecule has 6 nitrogen and oxygen atoms in total. The second kappa shape index (κ2) is 7.62. The summed E-state index contributed by atoms with van der Waals surface area (Å²) in [4.78, 5) is 22.8. The molecule has 1 aliphatic rings. The first-order chi connectivity index (χ1) is 13.1. The Labute approximate surface area is 161 Å². The number of benzene rings is 1. The Morgan fingerprint density at radius 1 is 1.26 bits per heavy atom. The summed E-state index contributed by atoms with van der Waals surface area (Å²) in [6.45, 7) is 4.32. The van der Waals surface area contributed by atoms with Crippen molar-refractivity contribution in [3.63, 3.8) is 0 Å². The van der Waals surface area contributed by atoms with E-state index in [-0.39, 0.29) is 6.10 Å². The summed E-state index contributed by atoms with van der Waals surface area (Å²) < 4.78 is 6.91. The molecule has 0 bridgehead atoms. The molecule has 1 aliphatic heterocycles. The molecule has 7 heteroatoms. The normalized spacial score (nSPS) is 15.9. The first kappa shape index (κ1) is 17.9. The van der Waals surface area contributed by atoms with Crippen molar-refractivity contribution in [3.8, 4) is 6.01 Å². The number of thiophene rings is 1. The van der Waals surface area contributed by atoms with Gasteiger partial charge in [-0.1, -0.05) is 18.2 Å². The molecule has 0 saturated carbocycles. The number of carboxylic acid groups (broad SMARTS) is 1. The zero-order valence-electron chi connectivity index (χ0n) is 15.1. The van der Waals surface area contributed by atoms with Crippen LogP contribution in [0.15, 0.2) is 36.7 Å². The highest BCUT2D eigenvalue weighted by molar-refractivity contribution is 7.21. The van der Waals surface area contributed by atoms with Crippen molar-refractivity contribution in [2.45, 2.75) is 32.4 Å². The third-order valence-corrected chi connectivity index (χ3v) is 6.04. The van der Waals surface area contributed by atoms with Crippen LogP contribution in [0.25, 0.3) is 10.1 Å². The Bertz CT molecular complexity index is 947. The van der Waals surface area contributed by atoms with E-state index in [0.29, 0.717) is 17.4 Å². The first-order valence-corrected chi connectivity index (χ1v) is 9.83. The predicted molar refractivity (Wildman–Crippen MR) is 104 cm³/mol. The fourth-order valence-electron chi connectivity index (χ4n) is 3.43. The van der Waals surface area contributed by atoms with Gasteiger partial charge in [0.15, 0.2) is 0 Å². The lowest BCUT2D eigenvalue weighted by Crippen LogP contribution is -2.38. The molecule has 140 valence electrons. The van der Waals surface area contributed by atoms with Gasteiger partial charge in [-0.25, -0.2) is 14.8 Å². The molecule has 0 aliphatic carbocycles. The van der Waals surface area contributed by atoms with Crippen molar-refractivity contribution in [2.75, 3.05) is 13.1 Å². The van der Waals surface area contributed by atoms with Crippen LogP contribution in [0, 0.1) is 6.92 Å².